The molecule has 2 N–H and O–H groups in total. The van der Waals surface area contributed by atoms with Gasteiger partial charge in [-0.3, -0.25) is 0 Å². The van der Waals surface area contributed by atoms with E-state index in [9.17, 15) is 0 Å². The van der Waals surface area contributed by atoms with Crippen LogP contribution in [-0.2, 0) is 0 Å². The van der Waals surface area contributed by atoms with Crippen LogP contribution in [0.2, 0.25) is 10.0 Å². The summed E-state index contributed by atoms with van der Waals surface area (Å²) in [7, 11) is 0. The smallest absolute Gasteiger partial charge is 0.0614 e. The molecule has 0 amide bonds. The summed E-state index contributed by atoms with van der Waals surface area (Å²) in [6.07, 6.45) is 1.16. The fourth-order valence-electron chi connectivity index (χ4n) is 1.71. The van der Waals surface area contributed by atoms with Gasteiger partial charge in [0.05, 0.1) is 21.4 Å². The first-order valence-electron chi connectivity index (χ1n) is 5.17. The number of hydrogen-bond donors (Lipinski definition) is 2. The van der Waals surface area contributed by atoms with Crippen LogP contribution in [-0.4, -0.2) is 13.1 Å². The summed E-state index contributed by atoms with van der Waals surface area (Å²) in [5.41, 5.74) is 2.08. The summed E-state index contributed by atoms with van der Waals surface area (Å²) >= 11 is 11.9. The lowest BCUT2D eigenvalue weighted by Crippen LogP contribution is -2.17. The number of hydrogen-bond acceptors (Lipinski definition) is 2. The zero-order valence-electron chi connectivity index (χ0n) is 8.61. The maximum Gasteiger partial charge on any atom is 0.0614 e. The van der Waals surface area contributed by atoms with Gasteiger partial charge in [0.15, 0.2) is 0 Å². The number of fused-ring (bicyclic) bond motifs is 1. The number of rotatable bonds is 1. The van der Waals surface area contributed by atoms with Crippen molar-refractivity contribution < 1.29 is 0 Å². The Morgan fingerprint density at radius 2 is 1.60 bits per heavy atom. The lowest BCUT2D eigenvalue weighted by molar-refractivity contribution is 0.570. The molecule has 0 aromatic heterocycles. The first-order valence-corrected chi connectivity index (χ1v) is 5.93. The highest BCUT2D eigenvalue weighted by Gasteiger charge is 2.14. The third kappa shape index (κ3) is 2.32. The van der Waals surface area contributed by atoms with Gasteiger partial charge in [-0.1, -0.05) is 30.1 Å². The Hall–Kier alpha value is -0.600. The van der Waals surface area contributed by atoms with Crippen LogP contribution in [0.3, 0.4) is 0 Å². The van der Waals surface area contributed by atoms with Crippen LogP contribution in [0.15, 0.2) is 12.1 Å². The molecule has 2 nitrogen and oxygen atoms in total. The first kappa shape index (κ1) is 10.9. The number of anilines is 2. The molecule has 2 rings (SSSR count). The van der Waals surface area contributed by atoms with E-state index >= 15 is 0 Å². The molecule has 0 saturated heterocycles. The van der Waals surface area contributed by atoms with Crippen LogP contribution in [0, 0.1) is 5.92 Å². The van der Waals surface area contributed by atoms with Crippen LogP contribution in [0.1, 0.15) is 13.3 Å². The quantitative estimate of drug-likeness (QED) is 0.785. The maximum absolute atomic E-state index is 5.97. The average molecular weight is 245 g/mol. The zero-order valence-corrected chi connectivity index (χ0v) is 10.1. The van der Waals surface area contributed by atoms with Gasteiger partial charge >= 0.3 is 0 Å². The molecule has 0 aliphatic carbocycles. The van der Waals surface area contributed by atoms with Crippen molar-refractivity contribution >= 4 is 34.6 Å². The SMILES string of the molecule is CCC1CNc2cc(Cl)c(Cl)cc2NC1. The average Bonchev–Trinajstić information content (AvgIpc) is 2.42. The van der Waals surface area contributed by atoms with E-state index in [1.54, 1.807) is 0 Å². The Labute approximate surface area is 100.0 Å². The molecular formula is C11H14Cl2N2. The molecule has 0 atom stereocenters. The number of nitrogens with one attached hydrogen (secondary N) is 2. The summed E-state index contributed by atoms with van der Waals surface area (Å²) in [6.45, 7) is 4.16. The standard InChI is InChI=1S/C11H14Cl2N2/c1-2-7-5-14-10-3-8(12)9(13)4-11(10)15-6-7/h3-4,7,14-15H,2,5-6H2,1H3. The molecule has 0 unspecified atom stereocenters. The molecule has 0 fully saturated rings. The fourth-order valence-corrected chi connectivity index (χ4v) is 2.04. The fraction of sp³-hybridized carbons (Fsp3) is 0.455. The van der Waals surface area contributed by atoms with Gasteiger partial charge < -0.3 is 10.6 Å². The van der Waals surface area contributed by atoms with Gasteiger partial charge in [-0.25, -0.2) is 0 Å². The summed E-state index contributed by atoms with van der Waals surface area (Å²) in [6, 6.07) is 3.76. The lowest BCUT2D eigenvalue weighted by atomic mass is 10.1. The van der Waals surface area contributed by atoms with E-state index in [4.69, 9.17) is 23.2 Å². The summed E-state index contributed by atoms with van der Waals surface area (Å²) in [5, 5.41) is 7.97. The minimum atomic E-state index is 0.597. The second-order valence-corrected chi connectivity index (χ2v) is 4.66. The van der Waals surface area contributed by atoms with E-state index in [-0.39, 0.29) is 0 Å². The number of benzene rings is 1. The van der Waals surface area contributed by atoms with E-state index in [0.717, 1.165) is 30.9 Å². The molecule has 0 spiro atoms. The monoisotopic (exact) mass is 244 g/mol. The number of halogens is 2. The van der Waals surface area contributed by atoms with Gasteiger partial charge in [-0.15, -0.1) is 0 Å². The van der Waals surface area contributed by atoms with Gasteiger partial charge in [0, 0.05) is 13.1 Å². The Bertz CT molecular complexity index is 333. The second kappa shape index (κ2) is 4.50. The minimum Gasteiger partial charge on any atom is -0.383 e. The van der Waals surface area contributed by atoms with Crippen molar-refractivity contribution in [2.45, 2.75) is 13.3 Å². The van der Waals surface area contributed by atoms with Crippen molar-refractivity contribution in [2.24, 2.45) is 5.92 Å². The third-order valence-electron chi connectivity index (χ3n) is 2.80. The van der Waals surface area contributed by atoms with Crippen LogP contribution in [0.5, 0.6) is 0 Å². The van der Waals surface area contributed by atoms with E-state index < -0.39 is 0 Å². The molecule has 0 bridgehead atoms. The predicted molar refractivity (Wildman–Crippen MR) is 67.2 cm³/mol. The lowest BCUT2D eigenvalue weighted by Gasteiger charge is -2.10. The zero-order chi connectivity index (χ0) is 10.8. The molecule has 1 aliphatic heterocycles. The molecule has 0 radical (unpaired) electrons. The van der Waals surface area contributed by atoms with Crippen LogP contribution in [0.25, 0.3) is 0 Å². The molecule has 1 heterocycles. The Kier molecular flexibility index (Phi) is 3.27. The minimum absolute atomic E-state index is 0.597. The summed E-state index contributed by atoms with van der Waals surface area (Å²) in [4.78, 5) is 0. The maximum atomic E-state index is 5.97. The normalized spacial score (nSPS) is 16.2. The largest absolute Gasteiger partial charge is 0.383 e. The van der Waals surface area contributed by atoms with Crippen molar-refractivity contribution in [3.05, 3.63) is 22.2 Å². The van der Waals surface area contributed by atoms with E-state index in [0.29, 0.717) is 16.0 Å². The Morgan fingerprint density at radius 1 is 1.13 bits per heavy atom. The van der Waals surface area contributed by atoms with Crippen molar-refractivity contribution in [1.82, 2.24) is 0 Å². The molecule has 1 aliphatic rings. The molecule has 4 heteroatoms. The van der Waals surface area contributed by atoms with E-state index in [1.165, 1.54) is 0 Å². The summed E-state index contributed by atoms with van der Waals surface area (Å²) in [5.74, 6) is 0.648. The second-order valence-electron chi connectivity index (χ2n) is 3.85. The van der Waals surface area contributed by atoms with E-state index in [1.807, 2.05) is 12.1 Å². The third-order valence-corrected chi connectivity index (χ3v) is 3.52. The van der Waals surface area contributed by atoms with Gasteiger partial charge in [-0.2, -0.15) is 0 Å². The van der Waals surface area contributed by atoms with Crippen molar-refractivity contribution in [2.75, 3.05) is 23.7 Å². The highest BCUT2D eigenvalue weighted by molar-refractivity contribution is 6.42. The van der Waals surface area contributed by atoms with Crippen LogP contribution >= 0.6 is 23.2 Å². The van der Waals surface area contributed by atoms with Crippen molar-refractivity contribution in [3.63, 3.8) is 0 Å². The molecule has 0 saturated carbocycles. The van der Waals surface area contributed by atoms with Crippen LogP contribution < -0.4 is 10.6 Å². The highest BCUT2D eigenvalue weighted by atomic mass is 35.5. The highest BCUT2D eigenvalue weighted by Crippen LogP contribution is 2.34. The van der Waals surface area contributed by atoms with E-state index in [2.05, 4.69) is 17.6 Å². The Morgan fingerprint density at radius 3 is 2.00 bits per heavy atom. The molecule has 82 valence electrons. The first-order chi connectivity index (χ1) is 7.20. The molecular weight excluding hydrogens is 231 g/mol. The molecule has 1 aromatic carbocycles. The predicted octanol–water partition coefficient (Wildman–Crippen LogP) is 3.86. The van der Waals surface area contributed by atoms with Gasteiger partial charge in [0.25, 0.3) is 0 Å². The Balaban J connectivity index is 2.27. The van der Waals surface area contributed by atoms with Crippen molar-refractivity contribution in [3.8, 4) is 0 Å². The molecule has 15 heavy (non-hydrogen) atoms. The van der Waals surface area contributed by atoms with Crippen molar-refractivity contribution in [1.29, 1.82) is 0 Å². The van der Waals surface area contributed by atoms with Gasteiger partial charge in [-0.05, 0) is 24.5 Å². The topological polar surface area (TPSA) is 24.1 Å². The van der Waals surface area contributed by atoms with Crippen LogP contribution in [0.4, 0.5) is 11.4 Å². The van der Waals surface area contributed by atoms with Gasteiger partial charge in [0.2, 0.25) is 0 Å². The van der Waals surface area contributed by atoms with Gasteiger partial charge in [0.1, 0.15) is 0 Å². The summed E-state index contributed by atoms with van der Waals surface area (Å²) < 4.78 is 0. The molecule has 1 aromatic rings.